The van der Waals surface area contributed by atoms with Gasteiger partial charge in [0.2, 0.25) is 5.91 Å². The van der Waals surface area contributed by atoms with Crippen LogP contribution in [0.1, 0.15) is 64.5 Å². The van der Waals surface area contributed by atoms with Crippen LogP contribution >= 0.6 is 11.6 Å². The van der Waals surface area contributed by atoms with E-state index in [1.807, 2.05) is 43.9 Å². The summed E-state index contributed by atoms with van der Waals surface area (Å²) in [6.45, 7) is 6.74. The number of carbonyl (C=O) groups is 2. The molecule has 2 N–H and O–H groups in total. The SMILES string of the molecule is Cc1c([C@H](C)n2cc(C(=O)NC3CC(c4cccc(Cl)c4)C3O)nn2)cnc(N2C[C@H]3C[C@H]3C2=O)c1C. The van der Waals surface area contributed by atoms with Crippen molar-refractivity contribution in [2.24, 2.45) is 11.8 Å². The van der Waals surface area contributed by atoms with Crippen molar-refractivity contribution in [2.45, 2.75) is 57.7 Å². The van der Waals surface area contributed by atoms with Gasteiger partial charge in [0.15, 0.2) is 5.69 Å². The second-order valence-electron chi connectivity index (χ2n) is 10.6. The maximum atomic E-state index is 12.8. The van der Waals surface area contributed by atoms with Gasteiger partial charge in [-0.15, -0.1) is 5.10 Å². The average Bonchev–Trinajstić information content (AvgIpc) is 3.34. The minimum atomic E-state index is -0.694. The number of pyridine rings is 1. The number of nitrogens with zero attached hydrogens (tertiary/aromatic N) is 5. The fourth-order valence-corrected chi connectivity index (χ4v) is 5.87. The Balaban J connectivity index is 1.12. The van der Waals surface area contributed by atoms with Gasteiger partial charge in [-0.3, -0.25) is 14.5 Å². The van der Waals surface area contributed by atoms with Crippen LogP contribution in [0.4, 0.5) is 5.82 Å². The molecule has 10 heteroatoms. The third kappa shape index (κ3) is 4.10. The molecule has 192 valence electrons. The van der Waals surface area contributed by atoms with E-state index in [0.717, 1.165) is 41.0 Å². The van der Waals surface area contributed by atoms with E-state index >= 15 is 0 Å². The highest BCUT2D eigenvalue weighted by Crippen LogP contribution is 2.47. The fourth-order valence-electron chi connectivity index (χ4n) is 5.68. The molecule has 6 rings (SSSR count). The molecule has 2 amide bonds. The normalized spacial score (nSPS) is 27.0. The lowest BCUT2D eigenvalue weighted by Gasteiger charge is -2.41. The Labute approximate surface area is 219 Å². The standard InChI is InChI=1S/C27H29ClN6O3/c1-13-14(2)25(33-11-17-8-20(17)27(33)37)29-10-21(13)15(3)34-12-23(31-32-34)26(36)30-22-9-19(24(22)35)16-5-4-6-18(28)7-16/h4-7,10,12,15,17,19-20,22,24,35H,8-9,11H2,1-3H3,(H,30,36)/t15-,17+,19?,20+,22?,24?/m0/s1. The Morgan fingerprint density at radius 2 is 2.03 bits per heavy atom. The highest BCUT2D eigenvalue weighted by Gasteiger charge is 2.53. The van der Waals surface area contributed by atoms with E-state index in [-0.39, 0.29) is 41.4 Å². The monoisotopic (exact) mass is 520 g/mol. The Bertz CT molecular complexity index is 1410. The van der Waals surface area contributed by atoms with E-state index in [1.54, 1.807) is 23.1 Å². The molecule has 9 nitrogen and oxygen atoms in total. The third-order valence-corrected chi connectivity index (χ3v) is 8.59. The van der Waals surface area contributed by atoms with E-state index in [9.17, 15) is 14.7 Å². The van der Waals surface area contributed by atoms with Crippen molar-refractivity contribution in [3.63, 3.8) is 0 Å². The molecule has 1 saturated heterocycles. The summed E-state index contributed by atoms with van der Waals surface area (Å²) < 4.78 is 1.64. The van der Waals surface area contributed by atoms with Gasteiger partial charge >= 0.3 is 0 Å². The number of halogens is 1. The van der Waals surface area contributed by atoms with Gasteiger partial charge in [-0.2, -0.15) is 0 Å². The number of piperidine rings is 1. The van der Waals surface area contributed by atoms with Gasteiger partial charge in [0.05, 0.1) is 24.4 Å². The summed E-state index contributed by atoms with van der Waals surface area (Å²) in [7, 11) is 0. The van der Waals surface area contributed by atoms with Gasteiger partial charge in [-0.1, -0.05) is 28.9 Å². The number of rotatable bonds is 6. The molecule has 1 aromatic carbocycles. The molecule has 3 heterocycles. The highest BCUT2D eigenvalue weighted by molar-refractivity contribution is 6.30. The van der Waals surface area contributed by atoms with Crippen LogP contribution in [-0.2, 0) is 4.79 Å². The summed E-state index contributed by atoms with van der Waals surface area (Å²) >= 11 is 6.07. The molecule has 6 atom stereocenters. The van der Waals surface area contributed by atoms with Crippen molar-refractivity contribution in [2.75, 3.05) is 11.4 Å². The molecule has 2 saturated carbocycles. The fraction of sp³-hybridized carbons (Fsp3) is 0.444. The van der Waals surface area contributed by atoms with Crippen molar-refractivity contribution >= 4 is 29.2 Å². The molecule has 2 aliphatic carbocycles. The predicted molar refractivity (Wildman–Crippen MR) is 138 cm³/mol. The maximum absolute atomic E-state index is 12.8. The van der Waals surface area contributed by atoms with Crippen LogP contribution < -0.4 is 10.2 Å². The van der Waals surface area contributed by atoms with Gasteiger partial charge in [0.1, 0.15) is 5.82 Å². The zero-order chi connectivity index (χ0) is 26.0. The third-order valence-electron chi connectivity index (χ3n) is 8.35. The number of carbonyl (C=O) groups excluding carboxylic acids is 2. The van der Waals surface area contributed by atoms with Crippen molar-refractivity contribution in [3.8, 4) is 0 Å². The lowest BCUT2D eigenvalue weighted by molar-refractivity contribution is -0.118. The molecular weight excluding hydrogens is 492 g/mol. The van der Waals surface area contributed by atoms with Crippen LogP contribution in [0.25, 0.3) is 0 Å². The summed E-state index contributed by atoms with van der Waals surface area (Å²) in [5.41, 5.74) is 4.11. The number of benzene rings is 1. The molecule has 3 aliphatic rings. The second-order valence-corrected chi connectivity index (χ2v) is 11.0. The number of anilines is 1. The number of hydrogen-bond acceptors (Lipinski definition) is 6. The van der Waals surface area contributed by atoms with E-state index < -0.39 is 6.10 Å². The zero-order valence-corrected chi connectivity index (χ0v) is 21.7. The van der Waals surface area contributed by atoms with E-state index in [4.69, 9.17) is 11.6 Å². The number of aliphatic hydroxyl groups excluding tert-OH is 1. The molecule has 3 fully saturated rings. The molecule has 0 bridgehead atoms. The Hall–Kier alpha value is -3.30. The quantitative estimate of drug-likeness (QED) is 0.516. The number of aliphatic hydroxyl groups is 1. The summed E-state index contributed by atoms with van der Waals surface area (Å²) in [6.07, 6.45) is 4.34. The lowest BCUT2D eigenvalue weighted by atomic mass is 9.73. The number of hydrogen-bond donors (Lipinski definition) is 2. The van der Waals surface area contributed by atoms with Crippen molar-refractivity contribution in [1.29, 1.82) is 0 Å². The van der Waals surface area contributed by atoms with Crippen LogP contribution in [0.15, 0.2) is 36.7 Å². The second kappa shape index (κ2) is 8.92. The average molecular weight is 521 g/mol. The highest BCUT2D eigenvalue weighted by atomic mass is 35.5. The van der Waals surface area contributed by atoms with Gasteiger partial charge < -0.3 is 10.4 Å². The molecule has 2 aromatic heterocycles. The Morgan fingerprint density at radius 3 is 2.73 bits per heavy atom. The van der Waals surface area contributed by atoms with Crippen molar-refractivity contribution in [3.05, 3.63) is 69.6 Å². The van der Waals surface area contributed by atoms with Crippen LogP contribution in [0.3, 0.4) is 0 Å². The molecule has 0 spiro atoms. The molecule has 3 unspecified atom stereocenters. The minimum absolute atomic E-state index is 0.0666. The van der Waals surface area contributed by atoms with Crippen molar-refractivity contribution in [1.82, 2.24) is 25.3 Å². The van der Waals surface area contributed by atoms with E-state index in [0.29, 0.717) is 17.4 Å². The minimum Gasteiger partial charge on any atom is -0.390 e. The molecule has 1 aliphatic heterocycles. The topological polar surface area (TPSA) is 113 Å². The first kappa shape index (κ1) is 24.1. The molecule has 3 aromatic rings. The first-order chi connectivity index (χ1) is 17.7. The zero-order valence-electron chi connectivity index (χ0n) is 20.9. The maximum Gasteiger partial charge on any atom is 0.273 e. The predicted octanol–water partition coefficient (Wildman–Crippen LogP) is 3.18. The first-order valence-electron chi connectivity index (χ1n) is 12.7. The summed E-state index contributed by atoms with van der Waals surface area (Å²) in [6, 6.07) is 6.86. The summed E-state index contributed by atoms with van der Waals surface area (Å²) in [5.74, 6) is 1.14. The van der Waals surface area contributed by atoms with Crippen molar-refractivity contribution < 1.29 is 14.7 Å². The molecular formula is C27H29ClN6O3. The van der Waals surface area contributed by atoms with Crippen LogP contribution in [-0.4, -0.2) is 55.6 Å². The number of nitrogens with one attached hydrogen (secondary N) is 1. The first-order valence-corrected chi connectivity index (χ1v) is 13.0. The molecule has 0 radical (unpaired) electrons. The smallest absolute Gasteiger partial charge is 0.273 e. The number of aromatic nitrogens is 4. The number of amides is 2. The largest absolute Gasteiger partial charge is 0.390 e. The van der Waals surface area contributed by atoms with Gasteiger partial charge in [-0.25, -0.2) is 9.67 Å². The van der Waals surface area contributed by atoms with Crippen LogP contribution in [0.5, 0.6) is 0 Å². The lowest BCUT2D eigenvalue weighted by Crippen LogP contribution is -2.55. The summed E-state index contributed by atoms with van der Waals surface area (Å²) in [4.78, 5) is 31.8. The Kier molecular flexibility index (Phi) is 5.80. The van der Waals surface area contributed by atoms with E-state index in [2.05, 4.69) is 20.6 Å². The van der Waals surface area contributed by atoms with Gasteiger partial charge in [0, 0.05) is 29.6 Å². The Morgan fingerprint density at radius 1 is 1.22 bits per heavy atom. The van der Waals surface area contributed by atoms with Gasteiger partial charge in [0.25, 0.3) is 5.91 Å². The van der Waals surface area contributed by atoms with Crippen LogP contribution in [0.2, 0.25) is 5.02 Å². The molecule has 37 heavy (non-hydrogen) atoms. The van der Waals surface area contributed by atoms with Gasteiger partial charge in [-0.05, 0) is 73.9 Å². The summed E-state index contributed by atoms with van der Waals surface area (Å²) in [5, 5.41) is 22.4. The van der Waals surface area contributed by atoms with Crippen LogP contribution in [0, 0.1) is 25.7 Å². The van der Waals surface area contributed by atoms with E-state index in [1.165, 1.54) is 0 Å². The number of fused-ring (bicyclic) bond motifs is 1.